The molecule has 0 bridgehead atoms. The van der Waals surface area contributed by atoms with Crippen molar-refractivity contribution >= 4 is 17.5 Å². The highest BCUT2D eigenvalue weighted by atomic mass is 35.5. The molecule has 122 valence electrons. The molecule has 1 N–H and O–H groups in total. The predicted molar refractivity (Wildman–Crippen MR) is 95.7 cm³/mol. The summed E-state index contributed by atoms with van der Waals surface area (Å²) in [6, 6.07) is 15.3. The number of carbonyl (C=O) groups is 1. The number of rotatable bonds is 7. The van der Waals surface area contributed by atoms with E-state index in [4.69, 9.17) is 11.6 Å². The maximum Gasteiger partial charge on any atom is 0.251 e. The number of hydrogen-bond acceptors (Lipinski definition) is 2. The molecule has 2 rings (SSSR count). The molecule has 0 heterocycles. The molecule has 0 aliphatic rings. The molecular weight excluding hydrogens is 308 g/mol. The highest BCUT2D eigenvalue weighted by molar-refractivity contribution is 6.30. The van der Waals surface area contributed by atoms with Gasteiger partial charge in [0.05, 0.1) is 0 Å². The van der Waals surface area contributed by atoms with Crippen LogP contribution in [-0.4, -0.2) is 23.9 Å². The monoisotopic (exact) mass is 330 g/mol. The number of amides is 1. The summed E-state index contributed by atoms with van der Waals surface area (Å²) in [5, 5.41) is 3.55. The van der Waals surface area contributed by atoms with E-state index in [1.54, 1.807) is 24.3 Å². The lowest BCUT2D eigenvalue weighted by atomic mass is 10.1. The standard InChI is InChI=1S/C19H23ClN2O/c1-3-22(4-2)14-16-7-5-15(6-8-16)13-21-19(23)17-9-11-18(20)12-10-17/h5-12H,3-4,13-14H2,1-2H3,(H,21,23). The first-order chi connectivity index (χ1) is 11.1. The van der Waals surface area contributed by atoms with Crippen molar-refractivity contribution in [1.82, 2.24) is 10.2 Å². The molecule has 3 nitrogen and oxygen atoms in total. The Labute approximate surface area is 143 Å². The lowest BCUT2D eigenvalue weighted by Gasteiger charge is -2.18. The van der Waals surface area contributed by atoms with Gasteiger partial charge in [0.25, 0.3) is 5.91 Å². The molecule has 4 heteroatoms. The Balaban J connectivity index is 1.88. The largest absolute Gasteiger partial charge is 0.348 e. The van der Waals surface area contributed by atoms with E-state index in [0.717, 1.165) is 25.2 Å². The highest BCUT2D eigenvalue weighted by Crippen LogP contribution is 2.10. The molecule has 0 atom stereocenters. The third-order valence-electron chi connectivity index (χ3n) is 3.88. The maximum atomic E-state index is 12.1. The Morgan fingerprint density at radius 2 is 1.52 bits per heavy atom. The van der Waals surface area contributed by atoms with Gasteiger partial charge in [-0.1, -0.05) is 49.7 Å². The maximum absolute atomic E-state index is 12.1. The highest BCUT2D eigenvalue weighted by Gasteiger charge is 2.05. The lowest BCUT2D eigenvalue weighted by molar-refractivity contribution is 0.0951. The molecule has 0 aliphatic heterocycles. The Morgan fingerprint density at radius 1 is 0.957 bits per heavy atom. The summed E-state index contributed by atoms with van der Waals surface area (Å²) in [4.78, 5) is 14.4. The zero-order chi connectivity index (χ0) is 16.7. The number of nitrogens with one attached hydrogen (secondary N) is 1. The molecule has 0 aliphatic carbocycles. The van der Waals surface area contributed by atoms with Crippen LogP contribution in [0.2, 0.25) is 5.02 Å². The number of hydrogen-bond donors (Lipinski definition) is 1. The van der Waals surface area contributed by atoms with Crippen LogP contribution in [-0.2, 0) is 13.1 Å². The normalized spacial score (nSPS) is 10.8. The van der Waals surface area contributed by atoms with Gasteiger partial charge >= 0.3 is 0 Å². The second-order valence-corrected chi connectivity index (χ2v) is 5.90. The van der Waals surface area contributed by atoms with Crippen LogP contribution >= 0.6 is 11.6 Å². The van der Waals surface area contributed by atoms with Gasteiger partial charge in [0.1, 0.15) is 0 Å². The smallest absolute Gasteiger partial charge is 0.251 e. The molecule has 0 saturated heterocycles. The van der Waals surface area contributed by atoms with Gasteiger partial charge in [-0.05, 0) is 48.5 Å². The van der Waals surface area contributed by atoms with Crippen molar-refractivity contribution in [2.24, 2.45) is 0 Å². The predicted octanol–water partition coefficient (Wildman–Crippen LogP) is 4.11. The van der Waals surface area contributed by atoms with E-state index < -0.39 is 0 Å². The fraction of sp³-hybridized carbons (Fsp3) is 0.316. The summed E-state index contributed by atoms with van der Waals surface area (Å²) >= 11 is 5.83. The van der Waals surface area contributed by atoms with Crippen LogP contribution in [0, 0.1) is 0 Å². The van der Waals surface area contributed by atoms with Gasteiger partial charge in [0.2, 0.25) is 0 Å². The topological polar surface area (TPSA) is 32.3 Å². The quantitative estimate of drug-likeness (QED) is 0.828. The van der Waals surface area contributed by atoms with Gasteiger partial charge in [-0.15, -0.1) is 0 Å². The van der Waals surface area contributed by atoms with Crippen LogP contribution in [0.3, 0.4) is 0 Å². The minimum absolute atomic E-state index is 0.0890. The second-order valence-electron chi connectivity index (χ2n) is 5.47. The fourth-order valence-corrected chi connectivity index (χ4v) is 2.48. The molecule has 2 aromatic rings. The van der Waals surface area contributed by atoms with Crippen LogP contribution in [0.25, 0.3) is 0 Å². The van der Waals surface area contributed by atoms with Crippen molar-refractivity contribution in [1.29, 1.82) is 0 Å². The van der Waals surface area contributed by atoms with E-state index in [9.17, 15) is 4.79 Å². The average molecular weight is 331 g/mol. The third kappa shape index (κ3) is 5.38. The molecule has 2 aromatic carbocycles. The van der Waals surface area contributed by atoms with Gasteiger partial charge in [0, 0.05) is 23.7 Å². The van der Waals surface area contributed by atoms with Crippen molar-refractivity contribution in [3.05, 3.63) is 70.2 Å². The Bertz CT molecular complexity index is 619. The van der Waals surface area contributed by atoms with Crippen LogP contribution in [0.15, 0.2) is 48.5 Å². The molecule has 0 fully saturated rings. The molecular formula is C19H23ClN2O. The number of carbonyl (C=O) groups excluding carboxylic acids is 1. The summed E-state index contributed by atoms with van der Waals surface area (Å²) in [7, 11) is 0. The minimum Gasteiger partial charge on any atom is -0.348 e. The summed E-state index contributed by atoms with van der Waals surface area (Å²) in [6.07, 6.45) is 0. The first-order valence-corrected chi connectivity index (χ1v) is 8.34. The first kappa shape index (κ1) is 17.5. The van der Waals surface area contributed by atoms with E-state index in [-0.39, 0.29) is 5.91 Å². The Morgan fingerprint density at radius 3 is 2.09 bits per heavy atom. The molecule has 23 heavy (non-hydrogen) atoms. The van der Waals surface area contributed by atoms with Gasteiger partial charge in [-0.25, -0.2) is 0 Å². The molecule has 0 spiro atoms. The van der Waals surface area contributed by atoms with E-state index in [2.05, 4.69) is 48.3 Å². The zero-order valence-corrected chi connectivity index (χ0v) is 14.4. The SMILES string of the molecule is CCN(CC)Cc1ccc(CNC(=O)c2ccc(Cl)cc2)cc1. The van der Waals surface area contributed by atoms with Gasteiger partial charge < -0.3 is 5.32 Å². The van der Waals surface area contributed by atoms with Crippen molar-refractivity contribution in [2.45, 2.75) is 26.9 Å². The number of halogens is 1. The van der Waals surface area contributed by atoms with Crippen molar-refractivity contribution in [3.8, 4) is 0 Å². The van der Waals surface area contributed by atoms with Crippen LogP contribution in [0.1, 0.15) is 35.3 Å². The summed E-state index contributed by atoms with van der Waals surface area (Å²) in [5.74, 6) is -0.0890. The zero-order valence-electron chi connectivity index (χ0n) is 13.7. The first-order valence-electron chi connectivity index (χ1n) is 7.96. The van der Waals surface area contributed by atoms with Crippen LogP contribution in [0.4, 0.5) is 0 Å². The lowest BCUT2D eigenvalue weighted by Crippen LogP contribution is -2.23. The molecule has 0 unspecified atom stereocenters. The van der Waals surface area contributed by atoms with Gasteiger partial charge in [-0.2, -0.15) is 0 Å². The Hall–Kier alpha value is -1.84. The van der Waals surface area contributed by atoms with E-state index in [0.29, 0.717) is 17.1 Å². The van der Waals surface area contributed by atoms with Gasteiger partial charge in [0.15, 0.2) is 0 Å². The summed E-state index contributed by atoms with van der Waals surface area (Å²) in [6.45, 7) is 7.93. The fourth-order valence-electron chi connectivity index (χ4n) is 2.35. The molecule has 0 radical (unpaired) electrons. The molecule has 0 saturated carbocycles. The Kier molecular flexibility index (Phi) is 6.63. The summed E-state index contributed by atoms with van der Waals surface area (Å²) < 4.78 is 0. The molecule has 1 amide bonds. The van der Waals surface area contributed by atoms with Crippen molar-refractivity contribution in [2.75, 3.05) is 13.1 Å². The van der Waals surface area contributed by atoms with E-state index in [1.807, 2.05) is 0 Å². The van der Waals surface area contributed by atoms with E-state index in [1.165, 1.54) is 5.56 Å². The summed E-state index contributed by atoms with van der Waals surface area (Å²) in [5.41, 5.74) is 3.00. The number of nitrogens with zero attached hydrogens (tertiary/aromatic N) is 1. The van der Waals surface area contributed by atoms with Gasteiger partial charge in [-0.3, -0.25) is 9.69 Å². The van der Waals surface area contributed by atoms with Crippen molar-refractivity contribution in [3.63, 3.8) is 0 Å². The van der Waals surface area contributed by atoms with E-state index >= 15 is 0 Å². The number of benzene rings is 2. The second kappa shape index (κ2) is 8.70. The average Bonchev–Trinajstić information content (AvgIpc) is 2.59. The van der Waals surface area contributed by atoms with Crippen molar-refractivity contribution < 1.29 is 4.79 Å². The van der Waals surface area contributed by atoms with Crippen LogP contribution in [0.5, 0.6) is 0 Å². The van der Waals surface area contributed by atoms with Crippen LogP contribution < -0.4 is 5.32 Å². The minimum atomic E-state index is -0.0890. The molecule has 0 aromatic heterocycles. The third-order valence-corrected chi connectivity index (χ3v) is 4.14.